The Morgan fingerprint density at radius 2 is 1.77 bits per heavy atom. The topological polar surface area (TPSA) is 79.0 Å². The van der Waals surface area contributed by atoms with Gasteiger partial charge in [0.2, 0.25) is 11.8 Å². The summed E-state index contributed by atoms with van der Waals surface area (Å²) in [6, 6.07) is 14.7. The second-order valence-electron chi connectivity index (χ2n) is 7.40. The molecule has 0 bridgehead atoms. The highest BCUT2D eigenvalue weighted by Crippen LogP contribution is 2.34. The molecule has 1 N–H and O–H groups in total. The highest BCUT2D eigenvalue weighted by atomic mass is 32.2. The van der Waals surface area contributed by atoms with Gasteiger partial charge in [-0.05, 0) is 30.3 Å². The first-order chi connectivity index (χ1) is 15.1. The summed E-state index contributed by atoms with van der Waals surface area (Å²) in [7, 11) is 0. The molecule has 31 heavy (non-hydrogen) atoms. The lowest BCUT2D eigenvalue weighted by Gasteiger charge is -2.29. The van der Waals surface area contributed by atoms with E-state index >= 15 is 0 Å². The van der Waals surface area contributed by atoms with Crippen LogP contribution in [0.5, 0.6) is 0 Å². The van der Waals surface area contributed by atoms with Gasteiger partial charge in [-0.1, -0.05) is 18.2 Å². The number of hydrogen-bond acceptors (Lipinski definition) is 5. The first-order valence-corrected chi connectivity index (χ1v) is 11.4. The van der Waals surface area contributed by atoms with E-state index in [1.165, 1.54) is 0 Å². The average molecular weight is 440 g/mol. The van der Waals surface area contributed by atoms with Crippen LogP contribution in [0.2, 0.25) is 0 Å². The van der Waals surface area contributed by atoms with Crippen molar-refractivity contribution in [2.75, 3.05) is 48.8 Å². The Balaban J connectivity index is 1.32. The minimum Gasteiger partial charge on any atom is -0.378 e. The molecule has 3 amide bonds. The predicted octanol–water partition coefficient (Wildman–Crippen LogP) is 3.02. The molecule has 4 rings (SSSR count). The van der Waals surface area contributed by atoms with E-state index < -0.39 is 0 Å². The van der Waals surface area contributed by atoms with E-state index in [4.69, 9.17) is 4.74 Å². The normalized spacial score (nSPS) is 15.9. The summed E-state index contributed by atoms with van der Waals surface area (Å²) in [5.74, 6) is 0.471. The molecule has 2 aliphatic heterocycles. The lowest BCUT2D eigenvalue weighted by atomic mass is 10.1. The highest BCUT2D eigenvalue weighted by Gasteiger charge is 2.23. The van der Waals surface area contributed by atoms with Gasteiger partial charge < -0.3 is 19.9 Å². The first kappa shape index (κ1) is 21.4. The largest absolute Gasteiger partial charge is 0.378 e. The van der Waals surface area contributed by atoms with Gasteiger partial charge in [0.25, 0.3) is 5.91 Å². The molecule has 0 aromatic heterocycles. The lowest BCUT2D eigenvalue weighted by molar-refractivity contribution is -0.122. The quantitative estimate of drug-likeness (QED) is 0.775. The SMILES string of the molecule is O=C(CCC(=O)N1CCSc2ccccc21)Nc1cccc(C(=O)N2CCOCC2)c1. The molecule has 2 aliphatic rings. The van der Waals surface area contributed by atoms with E-state index in [0.29, 0.717) is 44.1 Å². The number of carbonyl (C=O) groups is 3. The summed E-state index contributed by atoms with van der Waals surface area (Å²) in [6.07, 6.45) is 0.226. The van der Waals surface area contributed by atoms with Crippen LogP contribution in [0.25, 0.3) is 0 Å². The van der Waals surface area contributed by atoms with Crippen LogP contribution in [-0.2, 0) is 14.3 Å². The van der Waals surface area contributed by atoms with Crippen molar-refractivity contribution in [1.82, 2.24) is 4.90 Å². The summed E-state index contributed by atoms with van der Waals surface area (Å²) in [6.45, 7) is 2.85. The van der Waals surface area contributed by atoms with Crippen LogP contribution < -0.4 is 10.2 Å². The van der Waals surface area contributed by atoms with Crippen LogP contribution in [-0.4, -0.2) is 61.2 Å². The molecule has 1 fully saturated rings. The van der Waals surface area contributed by atoms with Gasteiger partial charge >= 0.3 is 0 Å². The number of nitrogens with one attached hydrogen (secondary N) is 1. The van der Waals surface area contributed by atoms with Gasteiger partial charge in [-0.2, -0.15) is 0 Å². The van der Waals surface area contributed by atoms with Crippen molar-refractivity contribution >= 4 is 40.9 Å². The van der Waals surface area contributed by atoms with E-state index in [0.717, 1.165) is 16.3 Å². The van der Waals surface area contributed by atoms with E-state index in [1.54, 1.807) is 45.8 Å². The van der Waals surface area contributed by atoms with Crippen molar-refractivity contribution in [3.8, 4) is 0 Å². The molecule has 1 saturated heterocycles. The van der Waals surface area contributed by atoms with Crippen molar-refractivity contribution in [2.45, 2.75) is 17.7 Å². The van der Waals surface area contributed by atoms with Crippen LogP contribution in [0.3, 0.4) is 0 Å². The second-order valence-corrected chi connectivity index (χ2v) is 8.53. The summed E-state index contributed by atoms with van der Waals surface area (Å²) >= 11 is 1.74. The van der Waals surface area contributed by atoms with Crippen LogP contribution in [0.1, 0.15) is 23.2 Å². The summed E-state index contributed by atoms with van der Waals surface area (Å²) in [5.41, 5.74) is 1.99. The Kier molecular flexibility index (Phi) is 6.89. The maximum Gasteiger partial charge on any atom is 0.254 e. The molecule has 8 heteroatoms. The van der Waals surface area contributed by atoms with Gasteiger partial charge in [-0.25, -0.2) is 0 Å². The molecular weight excluding hydrogens is 414 g/mol. The van der Waals surface area contributed by atoms with Crippen LogP contribution in [0.15, 0.2) is 53.4 Å². The van der Waals surface area contributed by atoms with Crippen LogP contribution in [0, 0.1) is 0 Å². The maximum absolute atomic E-state index is 12.7. The summed E-state index contributed by atoms with van der Waals surface area (Å²) in [5, 5.41) is 2.81. The molecule has 0 spiro atoms. The van der Waals surface area contributed by atoms with Gasteiger partial charge in [-0.3, -0.25) is 14.4 Å². The zero-order chi connectivity index (χ0) is 21.6. The van der Waals surface area contributed by atoms with Gasteiger partial charge in [0.15, 0.2) is 0 Å². The van der Waals surface area contributed by atoms with Gasteiger partial charge in [-0.15, -0.1) is 11.8 Å². The number of anilines is 2. The minimum absolute atomic E-state index is 0.0563. The minimum atomic E-state index is -0.246. The second kappa shape index (κ2) is 9.98. The van der Waals surface area contributed by atoms with Crippen LogP contribution >= 0.6 is 11.8 Å². The summed E-state index contributed by atoms with van der Waals surface area (Å²) in [4.78, 5) is 42.4. The average Bonchev–Trinajstić information content (AvgIpc) is 2.82. The number of morpholine rings is 1. The number of nitrogens with zero attached hydrogens (tertiary/aromatic N) is 2. The number of hydrogen-bond donors (Lipinski definition) is 1. The lowest BCUT2D eigenvalue weighted by Crippen LogP contribution is -2.40. The van der Waals surface area contributed by atoms with Gasteiger partial charge in [0.05, 0.1) is 18.9 Å². The monoisotopic (exact) mass is 439 g/mol. The molecule has 0 radical (unpaired) electrons. The number of amides is 3. The number of ether oxygens (including phenoxy) is 1. The maximum atomic E-state index is 12.7. The molecule has 162 valence electrons. The van der Waals surface area contributed by atoms with Gasteiger partial charge in [0, 0.05) is 54.4 Å². The predicted molar refractivity (Wildman–Crippen MR) is 121 cm³/mol. The van der Waals surface area contributed by atoms with E-state index in [2.05, 4.69) is 5.32 Å². The third-order valence-corrected chi connectivity index (χ3v) is 6.33. The van der Waals surface area contributed by atoms with Crippen molar-refractivity contribution in [2.24, 2.45) is 0 Å². The fraction of sp³-hybridized carbons (Fsp3) is 0.348. The molecule has 0 atom stereocenters. The Morgan fingerprint density at radius 1 is 0.968 bits per heavy atom. The highest BCUT2D eigenvalue weighted by molar-refractivity contribution is 7.99. The number of carbonyl (C=O) groups excluding carboxylic acids is 3. The molecular formula is C23H25N3O4S. The number of rotatable bonds is 5. The number of para-hydroxylation sites is 1. The molecule has 2 aromatic rings. The standard InChI is InChI=1S/C23H25N3O4S/c27-21(8-9-22(28)26-12-15-31-20-7-2-1-6-19(20)26)24-18-5-3-4-17(16-18)23(29)25-10-13-30-14-11-25/h1-7,16H,8-15H2,(H,24,27). The molecule has 0 unspecified atom stereocenters. The van der Waals surface area contributed by atoms with Gasteiger partial charge in [0.1, 0.15) is 0 Å². The van der Waals surface area contributed by atoms with E-state index in [-0.39, 0.29) is 30.6 Å². The fourth-order valence-corrected chi connectivity index (χ4v) is 4.68. The molecule has 0 aliphatic carbocycles. The first-order valence-electron chi connectivity index (χ1n) is 10.4. The van der Waals surface area contributed by atoms with E-state index in [9.17, 15) is 14.4 Å². The van der Waals surface area contributed by atoms with E-state index in [1.807, 2.05) is 24.3 Å². The number of thioether (sulfide) groups is 1. The zero-order valence-corrected chi connectivity index (χ0v) is 18.0. The molecule has 2 aromatic carbocycles. The van der Waals surface area contributed by atoms with Crippen molar-refractivity contribution in [3.05, 3.63) is 54.1 Å². The summed E-state index contributed by atoms with van der Waals surface area (Å²) < 4.78 is 5.29. The Morgan fingerprint density at radius 3 is 2.61 bits per heavy atom. The van der Waals surface area contributed by atoms with Crippen molar-refractivity contribution < 1.29 is 19.1 Å². The number of fused-ring (bicyclic) bond motifs is 1. The molecule has 0 saturated carbocycles. The van der Waals surface area contributed by atoms with Crippen molar-refractivity contribution in [1.29, 1.82) is 0 Å². The molecule has 2 heterocycles. The Hall–Kier alpha value is -2.84. The molecule has 7 nitrogen and oxygen atoms in total. The zero-order valence-electron chi connectivity index (χ0n) is 17.2. The van der Waals surface area contributed by atoms with Crippen LogP contribution in [0.4, 0.5) is 11.4 Å². The smallest absolute Gasteiger partial charge is 0.254 e. The fourth-order valence-electron chi connectivity index (χ4n) is 3.69. The third kappa shape index (κ3) is 5.26. The Bertz CT molecular complexity index is 975. The van der Waals surface area contributed by atoms with Crippen molar-refractivity contribution in [3.63, 3.8) is 0 Å². The Labute approximate surface area is 185 Å². The third-order valence-electron chi connectivity index (χ3n) is 5.29. The number of benzene rings is 2.